The summed E-state index contributed by atoms with van der Waals surface area (Å²) in [5.41, 5.74) is 2.91. The Balaban J connectivity index is 1.57. The predicted octanol–water partition coefficient (Wildman–Crippen LogP) is 4.19. The second-order valence-electron chi connectivity index (χ2n) is 10.5. The summed E-state index contributed by atoms with van der Waals surface area (Å²) in [5.74, 6) is 1.70. The fourth-order valence-corrected chi connectivity index (χ4v) is 5.76. The lowest BCUT2D eigenvalue weighted by atomic mass is 9.88. The number of aromatic nitrogens is 3. The second-order valence-corrected chi connectivity index (χ2v) is 12.2. The fraction of sp³-hybridized carbons (Fsp3) is 0.538. The molecule has 1 aromatic carbocycles. The zero-order valence-corrected chi connectivity index (χ0v) is 21.7. The molecule has 4 rings (SSSR count). The van der Waals surface area contributed by atoms with Crippen molar-refractivity contribution >= 4 is 26.7 Å². The highest BCUT2D eigenvalue weighted by Gasteiger charge is 2.26. The fourth-order valence-electron chi connectivity index (χ4n) is 4.76. The molecule has 1 aliphatic carbocycles. The molecule has 1 fully saturated rings. The maximum absolute atomic E-state index is 13.0. The van der Waals surface area contributed by atoms with E-state index in [1.165, 1.54) is 38.3 Å². The zero-order valence-electron chi connectivity index (χ0n) is 20.9. The number of hydrogen-bond donors (Lipinski definition) is 3. The average Bonchev–Trinajstić information content (AvgIpc) is 3.18. The van der Waals surface area contributed by atoms with Crippen LogP contribution in [-0.4, -0.2) is 41.2 Å². The van der Waals surface area contributed by atoms with Crippen LogP contribution >= 0.6 is 0 Å². The van der Waals surface area contributed by atoms with E-state index in [9.17, 15) is 8.42 Å². The van der Waals surface area contributed by atoms with Gasteiger partial charge >= 0.3 is 0 Å². The first-order valence-corrected chi connectivity index (χ1v) is 14.0. The molecule has 1 aliphatic rings. The van der Waals surface area contributed by atoms with Crippen LogP contribution in [0.5, 0.6) is 0 Å². The van der Waals surface area contributed by atoms with E-state index in [4.69, 9.17) is 10.1 Å². The van der Waals surface area contributed by atoms with Crippen molar-refractivity contribution in [3.8, 4) is 0 Å². The van der Waals surface area contributed by atoms with E-state index >= 15 is 0 Å². The summed E-state index contributed by atoms with van der Waals surface area (Å²) in [4.78, 5) is 9.28. The lowest BCUT2D eigenvalue weighted by Crippen LogP contribution is -2.22. The molecule has 3 aromatic rings. The van der Waals surface area contributed by atoms with Crippen molar-refractivity contribution in [3.05, 3.63) is 48.0 Å². The summed E-state index contributed by atoms with van der Waals surface area (Å²) < 4.78 is 31.0. The summed E-state index contributed by atoms with van der Waals surface area (Å²) in [6.45, 7) is 8.43. The van der Waals surface area contributed by atoms with Crippen molar-refractivity contribution in [1.82, 2.24) is 19.9 Å². The Morgan fingerprint density at radius 3 is 2.54 bits per heavy atom. The Labute approximate surface area is 208 Å². The Morgan fingerprint density at radius 1 is 1.11 bits per heavy atom. The first-order chi connectivity index (χ1) is 16.7. The molecule has 0 amide bonds. The molecular formula is C26H37N5O3S. The first kappa shape index (κ1) is 25.6. The van der Waals surface area contributed by atoms with E-state index in [1.807, 2.05) is 18.2 Å². The molecule has 35 heavy (non-hydrogen) atoms. The molecule has 1 saturated carbocycles. The summed E-state index contributed by atoms with van der Waals surface area (Å²) >= 11 is 0. The molecule has 0 aliphatic heterocycles. The molecule has 3 N–H and O–H groups in total. The van der Waals surface area contributed by atoms with Gasteiger partial charge in [-0.1, -0.05) is 40.0 Å². The van der Waals surface area contributed by atoms with Gasteiger partial charge in [0.1, 0.15) is 10.7 Å². The van der Waals surface area contributed by atoms with Crippen LogP contribution in [0.15, 0.2) is 41.4 Å². The normalized spacial score (nSPS) is 15.5. The van der Waals surface area contributed by atoms with Crippen molar-refractivity contribution < 1.29 is 13.5 Å². The van der Waals surface area contributed by atoms with Crippen molar-refractivity contribution in [2.75, 3.05) is 17.9 Å². The van der Waals surface area contributed by atoms with Crippen molar-refractivity contribution in [2.24, 2.45) is 5.92 Å². The van der Waals surface area contributed by atoms with Crippen molar-refractivity contribution in [3.63, 3.8) is 0 Å². The van der Waals surface area contributed by atoms with Crippen LogP contribution in [0, 0.1) is 5.92 Å². The first-order valence-electron chi connectivity index (χ1n) is 12.5. The van der Waals surface area contributed by atoms with Gasteiger partial charge in [0.2, 0.25) is 0 Å². The van der Waals surface area contributed by atoms with Crippen LogP contribution in [0.3, 0.4) is 0 Å². The van der Waals surface area contributed by atoms with Crippen LogP contribution in [0.25, 0.3) is 11.0 Å². The summed E-state index contributed by atoms with van der Waals surface area (Å²) in [6, 6.07) is 8.82. The van der Waals surface area contributed by atoms with E-state index in [2.05, 4.69) is 40.4 Å². The maximum atomic E-state index is 13.0. The Hall–Kier alpha value is -2.49. The standard InChI is InChI=1S/C26H37N5O3S/c1-26(2,3)25-29-23-15-20(10-12-24(23)31(25)18-19-7-5-4-6-8-19)30-35(33,34)22-11-9-21(28-17-22)16-27-13-14-32/h9-12,15,17,19,27,30,32H,4-8,13-14,16,18H2,1-3H3. The molecule has 0 saturated heterocycles. The van der Waals surface area contributed by atoms with Crippen molar-refractivity contribution in [2.45, 2.75) is 76.3 Å². The maximum Gasteiger partial charge on any atom is 0.263 e. The number of imidazole rings is 1. The van der Waals surface area contributed by atoms with Crippen molar-refractivity contribution in [1.29, 1.82) is 0 Å². The van der Waals surface area contributed by atoms with Gasteiger partial charge in [-0.25, -0.2) is 13.4 Å². The SMILES string of the molecule is CC(C)(C)c1nc2cc(NS(=O)(=O)c3ccc(CNCCO)nc3)ccc2n1CC1CCCCC1. The third-order valence-corrected chi connectivity index (χ3v) is 7.91. The number of sulfonamides is 1. The molecule has 0 radical (unpaired) electrons. The van der Waals surface area contributed by atoms with Gasteiger partial charge in [0.05, 0.1) is 29.0 Å². The minimum Gasteiger partial charge on any atom is -0.395 e. The number of aliphatic hydroxyl groups excluding tert-OH is 1. The predicted molar refractivity (Wildman–Crippen MR) is 139 cm³/mol. The number of nitrogens with zero attached hydrogens (tertiary/aromatic N) is 3. The molecule has 190 valence electrons. The molecule has 2 aromatic heterocycles. The molecular weight excluding hydrogens is 462 g/mol. The van der Waals surface area contributed by atoms with Gasteiger partial charge in [0, 0.05) is 31.2 Å². The monoisotopic (exact) mass is 499 g/mol. The van der Waals surface area contributed by atoms with Gasteiger partial charge in [-0.3, -0.25) is 9.71 Å². The van der Waals surface area contributed by atoms with E-state index < -0.39 is 10.0 Å². The number of hydrogen-bond acceptors (Lipinski definition) is 6. The molecule has 8 nitrogen and oxygen atoms in total. The Kier molecular flexibility index (Phi) is 7.78. The van der Waals surface area contributed by atoms with E-state index in [1.54, 1.807) is 12.1 Å². The number of pyridine rings is 1. The van der Waals surface area contributed by atoms with E-state index in [0.29, 0.717) is 30.4 Å². The van der Waals surface area contributed by atoms with Gasteiger partial charge in [-0.15, -0.1) is 0 Å². The number of benzene rings is 1. The summed E-state index contributed by atoms with van der Waals surface area (Å²) in [5, 5.41) is 11.9. The van der Waals surface area contributed by atoms with Gasteiger partial charge < -0.3 is 15.0 Å². The van der Waals surface area contributed by atoms with Crippen LogP contribution in [0.4, 0.5) is 5.69 Å². The smallest absolute Gasteiger partial charge is 0.263 e. The van der Waals surface area contributed by atoms with E-state index in [0.717, 1.165) is 23.4 Å². The molecule has 0 unspecified atom stereocenters. The van der Waals surface area contributed by atoms with Gasteiger partial charge in [0.25, 0.3) is 10.0 Å². The highest BCUT2D eigenvalue weighted by Crippen LogP contribution is 2.32. The molecule has 0 bridgehead atoms. The van der Waals surface area contributed by atoms with Gasteiger partial charge in [-0.05, 0) is 49.1 Å². The highest BCUT2D eigenvalue weighted by molar-refractivity contribution is 7.92. The molecule has 0 atom stereocenters. The summed E-state index contributed by atoms with van der Waals surface area (Å²) in [6.07, 6.45) is 7.78. The number of aliphatic hydroxyl groups is 1. The van der Waals surface area contributed by atoms with Gasteiger partial charge in [-0.2, -0.15) is 0 Å². The molecule has 9 heteroatoms. The Morgan fingerprint density at radius 2 is 1.89 bits per heavy atom. The van der Waals surface area contributed by atoms with Crippen LogP contribution < -0.4 is 10.0 Å². The summed E-state index contributed by atoms with van der Waals surface area (Å²) in [7, 11) is -3.79. The second kappa shape index (κ2) is 10.6. The minimum absolute atomic E-state index is 0.0385. The number of anilines is 1. The quantitative estimate of drug-likeness (QED) is 0.381. The zero-order chi connectivity index (χ0) is 25.1. The van der Waals surface area contributed by atoms with Crippen LogP contribution in [0.1, 0.15) is 64.4 Å². The number of fused-ring (bicyclic) bond motifs is 1. The van der Waals surface area contributed by atoms with E-state index in [-0.39, 0.29) is 16.9 Å². The number of nitrogens with one attached hydrogen (secondary N) is 2. The molecule has 0 spiro atoms. The molecule has 2 heterocycles. The lowest BCUT2D eigenvalue weighted by Gasteiger charge is -2.26. The van der Waals surface area contributed by atoms with Gasteiger partial charge in [0.15, 0.2) is 0 Å². The third kappa shape index (κ3) is 6.20. The highest BCUT2D eigenvalue weighted by atomic mass is 32.2. The topological polar surface area (TPSA) is 109 Å². The van der Waals surface area contributed by atoms with Crippen LogP contribution in [-0.2, 0) is 28.5 Å². The Bertz CT molecular complexity index is 1240. The third-order valence-electron chi connectivity index (χ3n) is 6.54. The minimum atomic E-state index is -3.79. The van der Waals surface area contributed by atoms with Crippen LogP contribution in [0.2, 0.25) is 0 Å². The largest absolute Gasteiger partial charge is 0.395 e. The average molecular weight is 500 g/mol. The lowest BCUT2D eigenvalue weighted by molar-refractivity contribution is 0.291. The number of rotatable bonds is 9.